The van der Waals surface area contributed by atoms with Crippen molar-refractivity contribution < 1.29 is 9.90 Å². The Kier molecular flexibility index (Phi) is 5.37. The lowest BCUT2D eigenvalue weighted by molar-refractivity contribution is -0.131. The fourth-order valence-corrected chi connectivity index (χ4v) is 4.72. The van der Waals surface area contributed by atoms with Gasteiger partial charge >= 0.3 is 0 Å². The first-order chi connectivity index (χ1) is 10.1. The molecular formula is C16H26ClN3O2. The van der Waals surface area contributed by atoms with Gasteiger partial charge in [-0.1, -0.05) is 12.8 Å². The van der Waals surface area contributed by atoms with Crippen LogP contribution in [0.25, 0.3) is 0 Å². The summed E-state index contributed by atoms with van der Waals surface area (Å²) >= 11 is 0. The Hall–Kier alpha value is -0.830. The lowest BCUT2D eigenvalue weighted by atomic mass is 9.56. The van der Waals surface area contributed by atoms with Crippen LogP contribution in [0.4, 0.5) is 0 Å². The number of hydrogen-bond donors (Lipinski definition) is 2. The number of carbonyl (C=O) groups excluding carboxylic acids is 1. The number of hydrogen-bond acceptors (Lipinski definition) is 4. The molecule has 0 bridgehead atoms. The summed E-state index contributed by atoms with van der Waals surface area (Å²) in [5.41, 5.74) is 0.170. The third-order valence-corrected chi connectivity index (χ3v) is 5.73. The fraction of sp³-hybridized carbons (Fsp3) is 0.875. The molecule has 1 aliphatic heterocycles. The molecular weight excluding hydrogens is 302 g/mol. The molecule has 5 nitrogen and oxygen atoms in total. The van der Waals surface area contributed by atoms with E-state index in [1.54, 1.807) is 4.90 Å². The average molecular weight is 328 g/mol. The van der Waals surface area contributed by atoms with Crippen LogP contribution in [0.3, 0.4) is 0 Å². The van der Waals surface area contributed by atoms with Crippen LogP contribution < -0.4 is 5.32 Å². The van der Waals surface area contributed by atoms with Gasteiger partial charge in [0.15, 0.2) is 0 Å². The second-order valence-corrected chi connectivity index (χ2v) is 7.23. The summed E-state index contributed by atoms with van der Waals surface area (Å²) in [6.45, 7) is 1.04. The summed E-state index contributed by atoms with van der Waals surface area (Å²) in [5, 5.41) is 22.1. The third-order valence-electron chi connectivity index (χ3n) is 5.73. The second kappa shape index (κ2) is 6.74. The lowest BCUT2D eigenvalue weighted by Crippen LogP contribution is -2.63. The molecule has 0 aromatic heterocycles. The van der Waals surface area contributed by atoms with Gasteiger partial charge in [0.2, 0.25) is 5.91 Å². The number of aliphatic hydroxyl groups excluding tert-OH is 1. The number of aliphatic hydroxyl groups is 1. The summed E-state index contributed by atoms with van der Waals surface area (Å²) in [6.07, 6.45) is 8.84. The van der Waals surface area contributed by atoms with Crippen molar-refractivity contribution >= 4 is 18.3 Å². The maximum atomic E-state index is 12.3. The number of carbonyl (C=O) groups is 1. The van der Waals surface area contributed by atoms with Crippen molar-refractivity contribution in [3.05, 3.63) is 0 Å². The zero-order valence-electron chi connectivity index (χ0n) is 13.0. The molecule has 6 heteroatoms. The van der Waals surface area contributed by atoms with Crippen LogP contribution in [0.15, 0.2) is 0 Å². The van der Waals surface area contributed by atoms with E-state index in [2.05, 4.69) is 11.4 Å². The van der Waals surface area contributed by atoms with Gasteiger partial charge in [0.25, 0.3) is 0 Å². The zero-order valence-corrected chi connectivity index (χ0v) is 13.8. The topological polar surface area (TPSA) is 76.4 Å². The summed E-state index contributed by atoms with van der Waals surface area (Å²) in [7, 11) is 0. The Labute approximate surface area is 138 Å². The molecule has 0 aromatic rings. The first kappa shape index (κ1) is 17.5. The highest BCUT2D eigenvalue weighted by molar-refractivity contribution is 5.85. The molecule has 124 valence electrons. The third kappa shape index (κ3) is 3.10. The molecule has 2 aliphatic carbocycles. The van der Waals surface area contributed by atoms with Gasteiger partial charge in [0, 0.05) is 12.1 Å². The predicted molar refractivity (Wildman–Crippen MR) is 85.6 cm³/mol. The van der Waals surface area contributed by atoms with E-state index in [1.165, 1.54) is 25.7 Å². The molecule has 3 fully saturated rings. The number of nitriles is 1. The highest BCUT2D eigenvalue weighted by Crippen LogP contribution is 2.57. The van der Waals surface area contributed by atoms with Crippen molar-refractivity contribution in [1.29, 1.82) is 5.26 Å². The minimum atomic E-state index is -0.262. The molecule has 2 saturated carbocycles. The van der Waals surface area contributed by atoms with Gasteiger partial charge in [-0.05, 0) is 43.9 Å². The van der Waals surface area contributed by atoms with E-state index in [-0.39, 0.29) is 43.0 Å². The Morgan fingerprint density at radius 3 is 2.59 bits per heavy atom. The van der Waals surface area contributed by atoms with Gasteiger partial charge in [-0.15, -0.1) is 12.4 Å². The summed E-state index contributed by atoms with van der Waals surface area (Å²) < 4.78 is 0. The van der Waals surface area contributed by atoms with Crippen LogP contribution in [-0.4, -0.2) is 47.2 Å². The van der Waals surface area contributed by atoms with Crippen LogP contribution in [0.2, 0.25) is 0 Å². The van der Waals surface area contributed by atoms with Gasteiger partial charge in [-0.3, -0.25) is 4.79 Å². The van der Waals surface area contributed by atoms with Gasteiger partial charge in [-0.25, -0.2) is 0 Å². The number of nitrogens with zero attached hydrogens (tertiary/aromatic N) is 2. The van der Waals surface area contributed by atoms with Crippen molar-refractivity contribution in [3.8, 4) is 6.07 Å². The van der Waals surface area contributed by atoms with E-state index < -0.39 is 0 Å². The van der Waals surface area contributed by atoms with E-state index in [0.717, 1.165) is 25.7 Å². The van der Waals surface area contributed by atoms with E-state index in [0.29, 0.717) is 12.0 Å². The minimum absolute atomic E-state index is 0. The largest absolute Gasteiger partial charge is 0.394 e. The van der Waals surface area contributed by atoms with E-state index in [9.17, 15) is 9.90 Å². The summed E-state index contributed by atoms with van der Waals surface area (Å²) in [6, 6.07) is 1.94. The van der Waals surface area contributed by atoms with Crippen LogP contribution in [0, 0.1) is 16.7 Å². The van der Waals surface area contributed by atoms with Crippen molar-refractivity contribution in [1.82, 2.24) is 10.2 Å². The van der Waals surface area contributed by atoms with Crippen LogP contribution >= 0.6 is 12.4 Å². The molecule has 1 heterocycles. The van der Waals surface area contributed by atoms with Crippen molar-refractivity contribution in [2.24, 2.45) is 5.41 Å². The Bertz CT molecular complexity index is 449. The molecule has 3 rings (SSSR count). The molecule has 0 radical (unpaired) electrons. The standard InChI is InChI=1S/C16H25N3O2.ClH/c17-8-13-4-3-7-19(13)14(21)9-18-16(12-20)10-15(11-16)5-1-2-6-15;/h13,18,20H,1-7,9-12H2;1H/t13-;/m0./s1. The van der Waals surface area contributed by atoms with Crippen molar-refractivity contribution in [3.63, 3.8) is 0 Å². The van der Waals surface area contributed by atoms with Gasteiger partial charge < -0.3 is 15.3 Å². The number of likely N-dealkylation sites (tertiary alicyclic amines) is 1. The van der Waals surface area contributed by atoms with Crippen molar-refractivity contribution in [2.75, 3.05) is 19.7 Å². The van der Waals surface area contributed by atoms with Gasteiger partial charge in [-0.2, -0.15) is 5.26 Å². The number of nitrogens with one attached hydrogen (secondary N) is 1. The SMILES string of the molecule is Cl.N#C[C@@H]1CCCN1C(=O)CNC1(CO)CC2(CCCC2)C1. The molecule has 1 atom stereocenters. The fourth-order valence-electron chi connectivity index (χ4n) is 4.72. The maximum absolute atomic E-state index is 12.3. The number of amides is 1. The summed E-state index contributed by atoms with van der Waals surface area (Å²) in [5.74, 6) is -0.000697. The van der Waals surface area contributed by atoms with E-state index >= 15 is 0 Å². The molecule has 1 spiro atoms. The van der Waals surface area contributed by atoms with Crippen LogP contribution in [-0.2, 0) is 4.79 Å². The van der Waals surface area contributed by atoms with Gasteiger partial charge in [0.1, 0.15) is 6.04 Å². The smallest absolute Gasteiger partial charge is 0.237 e. The minimum Gasteiger partial charge on any atom is -0.394 e. The van der Waals surface area contributed by atoms with Crippen LogP contribution in [0.5, 0.6) is 0 Å². The summed E-state index contributed by atoms with van der Waals surface area (Å²) in [4.78, 5) is 13.9. The predicted octanol–water partition coefficient (Wildman–Crippen LogP) is 1.60. The molecule has 22 heavy (non-hydrogen) atoms. The zero-order chi connectivity index (χ0) is 14.9. The first-order valence-corrected chi connectivity index (χ1v) is 8.17. The molecule has 0 aromatic carbocycles. The molecule has 1 saturated heterocycles. The molecule has 1 amide bonds. The van der Waals surface area contributed by atoms with Gasteiger partial charge in [0.05, 0.1) is 19.2 Å². The Balaban J connectivity index is 0.00000176. The highest BCUT2D eigenvalue weighted by Gasteiger charge is 2.54. The lowest BCUT2D eigenvalue weighted by Gasteiger charge is -2.55. The monoisotopic (exact) mass is 327 g/mol. The van der Waals surface area contributed by atoms with E-state index in [4.69, 9.17) is 5.26 Å². The van der Waals surface area contributed by atoms with Crippen molar-refractivity contribution in [2.45, 2.75) is 62.9 Å². The molecule has 2 N–H and O–H groups in total. The quantitative estimate of drug-likeness (QED) is 0.822. The Morgan fingerprint density at radius 2 is 2.00 bits per heavy atom. The highest BCUT2D eigenvalue weighted by atomic mass is 35.5. The van der Waals surface area contributed by atoms with E-state index in [1.807, 2.05) is 0 Å². The average Bonchev–Trinajstić information content (AvgIpc) is 3.11. The molecule has 3 aliphatic rings. The normalized spacial score (nSPS) is 28.0. The first-order valence-electron chi connectivity index (χ1n) is 8.17. The Morgan fingerprint density at radius 1 is 1.32 bits per heavy atom. The number of halogens is 1. The molecule has 0 unspecified atom stereocenters. The second-order valence-electron chi connectivity index (χ2n) is 7.23. The van der Waals surface area contributed by atoms with Crippen LogP contribution in [0.1, 0.15) is 51.4 Å². The number of rotatable bonds is 4. The maximum Gasteiger partial charge on any atom is 0.237 e.